The molecule has 3 nitrogen and oxygen atoms in total. The first-order chi connectivity index (χ1) is 5.99. The van der Waals surface area contributed by atoms with Gasteiger partial charge in [-0.1, -0.05) is 15.9 Å². The summed E-state index contributed by atoms with van der Waals surface area (Å²) < 4.78 is 4.86. The third-order valence-corrected chi connectivity index (χ3v) is 2.16. The molecular weight excluding hydrogens is 254 g/mol. The van der Waals surface area contributed by atoms with Crippen LogP contribution in [-0.2, 0) is 4.74 Å². The van der Waals surface area contributed by atoms with Gasteiger partial charge >= 0.3 is 5.97 Å². The average Bonchev–Trinajstić information content (AvgIpc) is 2.50. The van der Waals surface area contributed by atoms with Gasteiger partial charge in [0.2, 0.25) is 0 Å². The third-order valence-electron chi connectivity index (χ3n) is 1.18. The lowest BCUT2D eigenvalue weighted by atomic mass is 10.2. The predicted octanol–water partition coefficient (Wildman–Crippen LogP) is 2.47. The number of carbonyl (C=O) groups is 1. The fraction of sp³-hybridized carbons (Fsp3) is 0.500. The van der Waals surface area contributed by atoms with Gasteiger partial charge in [0, 0.05) is 0 Å². The maximum atomic E-state index is 11.3. The third kappa shape index (κ3) is 3.87. The Morgan fingerprint density at radius 1 is 1.77 bits per heavy atom. The Labute approximate surface area is 89.3 Å². The largest absolute Gasteiger partial charge is 0.460 e. The fourth-order valence-corrected chi connectivity index (χ4v) is 1.25. The van der Waals surface area contributed by atoms with Crippen molar-refractivity contribution in [3.63, 3.8) is 0 Å². The van der Waals surface area contributed by atoms with E-state index in [0.29, 0.717) is 11.5 Å². The predicted molar refractivity (Wildman–Crippen MR) is 55.4 cm³/mol. The molecule has 5 heteroatoms. The maximum absolute atomic E-state index is 11.3. The van der Waals surface area contributed by atoms with Crippen molar-refractivity contribution in [1.29, 1.82) is 0 Å². The van der Waals surface area contributed by atoms with Crippen LogP contribution in [0, 0.1) is 0 Å². The van der Waals surface area contributed by atoms with Crippen LogP contribution in [0.15, 0.2) is 11.7 Å². The van der Waals surface area contributed by atoms with E-state index in [1.807, 2.05) is 13.8 Å². The summed E-state index contributed by atoms with van der Waals surface area (Å²) in [6.07, 6.45) is 1.51. The Hall–Kier alpha value is -0.420. The molecule has 1 rings (SSSR count). The molecule has 0 amide bonds. The lowest BCUT2D eigenvalue weighted by Crippen LogP contribution is -2.21. The first kappa shape index (κ1) is 10.7. The molecule has 0 saturated carbocycles. The minimum Gasteiger partial charge on any atom is -0.460 e. The second-order valence-corrected chi connectivity index (χ2v) is 6.19. The zero-order valence-corrected chi connectivity index (χ0v) is 9.81. The summed E-state index contributed by atoms with van der Waals surface area (Å²) >= 11 is 4.66. The molecule has 0 N–H and O–H groups in total. The van der Waals surface area contributed by atoms with Crippen LogP contribution in [0.25, 0.3) is 0 Å². The number of halogens is 1. The molecule has 0 fully saturated rings. The summed E-state index contributed by atoms with van der Waals surface area (Å²) in [7, 11) is 0. The van der Waals surface area contributed by atoms with Gasteiger partial charge in [0.05, 0.1) is 16.0 Å². The second-order valence-electron chi connectivity index (χ2n) is 3.16. The van der Waals surface area contributed by atoms with Crippen LogP contribution in [0.2, 0.25) is 0 Å². The molecule has 0 spiro atoms. The molecule has 0 saturated heterocycles. The number of ether oxygens (including phenoxy) is 1. The number of nitrogens with zero attached hydrogens (tertiary/aromatic N) is 1. The Morgan fingerprint density at radius 2 is 2.46 bits per heavy atom. The zero-order valence-electron chi connectivity index (χ0n) is 7.41. The first-order valence-corrected chi connectivity index (χ1v) is 5.41. The van der Waals surface area contributed by atoms with Gasteiger partial charge in [0.15, 0.2) is 0 Å². The van der Waals surface area contributed by atoms with E-state index < -0.39 is 0 Å². The van der Waals surface area contributed by atoms with Gasteiger partial charge in [-0.3, -0.25) is 4.98 Å². The van der Waals surface area contributed by atoms with Crippen LogP contribution in [0.5, 0.6) is 0 Å². The smallest absolute Gasteiger partial charge is 0.350 e. The van der Waals surface area contributed by atoms with Crippen LogP contribution in [0.4, 0.5) is 0 Å². The molecule has 0 aromatic carbocycles. The molecule has 0 radical (unpaired) electrons. The van der Waals surface area contributed by atoms with E-state index in [4.69, 9.17) is 4.74 Å². The molecule has 0 aliphatic carbocycles. The lowest BCUT2D eigenvalue weighted by molar-refractivity contribution is 0.0486. The van der Waals surface area contributed by atoms with Gasteiger partial charge < -0.3 is 4.74 Å². The van der Waals surface area contributed by atoms with Gasteiger partial charge in [-0.2, -0.15) is 0 Å². The molecule has 1 aromatic rings. The number of rotatable bonds is 3. The van der Waals surface area contributed by atoms with E-state index in [0.717, 1.165) is 0 Å². The monoisotopic (exact) mass is 263 g/mol. The van der Waals surface area contributed by atoms with Crippen LogP contribution in [0.3, 0.4) is 0 Å². The van der Waals surface area contributed by atoms with Gasteiger partial charge in [-0.05, 0) is 13.8 Å². The van der Waals surface area contributed by atoms with E-state index in [-0.39, 0.29) is 10.3 Å². The minimum atomic E-state index is -0.310. The Kier molecular flexibility index (Phi) is 3.44. The van der Waals surface area contributed by atoms with Crippen LogP contribution >= 0.6 is 27.3 Å². The maximum Gasteiger partial charge on any atom is 0.350 e. The molecule has 0 atom stereocenters. The summed E-state index contributed by atoms with van der Waals surface area (Å²) in [5, 5.41) is 0. The standard InChI is InChI=1S/C8H10BrNO2S/c1-8(2,9)4-12-7(11)6-3-10-5-13-6/h3,5H,4H2,1-2H3. The molecule has 0 bridgehead atoms. The molecule has 0 aliphatic heterocycles. The van der Waals surface area contributed by atoms with Gasteiger partial charge in [0.1, 0.15) is 11.5 Å². The van der Waals surface area contributed by atoms with Crippen molar-refractivity contribution in [3.05, 3.63) is 16.6 Å². The Morgan fingerprint density at radius 3 is 2.92 bits per heavy atom. The second kappa shape index (κ2) is 4.19. The lowest BCUT2D eigenvalue weighted by Gasteiger charge is -2.15. The van der Waals surface area contributed by atoms with Gasteiger partial charge in [-0.25, -0.2) is 4.79 Å². The normalized spacial score (nSPS) is 11.3. The molecular formula is C8H10BrNO2S. The number of carbonyl (C=O) groups excluding carboxylic acids is 1. The highest BCUT2D eigenvalue weighted by atomic mass is 79.9. The number of hydrogen-bond acceptors (Lipinski definition) is 4. The van der Waals surface area contributed by atoms with Crippen molar-refractivity contribution in [2.75, 3.05) is 6.61 Å². The first-order valence-electron chi connectivity index (χ1n) is 3.73. The fourth-order valence-electron chi connectivity index (χ4n) is 0.625. The van der Waals surface area contributed by atoms with Crippen molar-refractivity contribution in [3.8, 4) is 0 Å². The van der Waals surface area contributed by atoms with Crippen LogP contribution < -0.4 is 0 Å². The summed E-state index contributed by atoms with van der Waals surface area (Å²) in [6, 6.07) is 0. The highest BCUT2D eigenvalue weighted by Crippen LogP contribution is 2.17. The summed E-state index contributed by atoms with van der Waals surface area (Å²) in [4.78, 5) is 15.6. The summed E-state index contributed by atoms with van der Waals surface area (Å²) in [6.45, 7) is 4.23. The summed E-state index contributed by atoms with van der Waals surface area (Å²) in [5.74, 6) is -0.310. The van der Waals surface area contributed by atoms with Crippen molar-refractivity contribution < 1.29 is 9.53 Å². The SMILES string of the molecule is CC(C)(Br)COC(=O)c1cncs1. The van der Waals surface area contributed by atoms with E-state index in [1.54, 1.807) is 5.51 Å². The molecule has 0 aliphatic rings. The van der Waals surface area contributed by atoms with Gasteiger partial charge in [0.25, 0.3) is 0 Å². The zero-order chi connectivity index (χ0) is 9.90. The number of esters is 1. The van der Waals surface area contributed by atoms with E-state index in [9.17, 15) is 4.79 Å². The highest BCUT2D eigenvalue weighted by Gasteiger charge is 2.17. The van der Waals surface area contributed by atoms with Crippen LogP contribution in [-0.4, -0.2) is 21.9 Å². The van der Waals surface area contributed by atoms with Crippen molar-refractivity contribution in [2.45, 2.75) is 18.2 Å². The topological polar surface area (TPSA) is 39.2 Å². The van der Waals surface area contributed by atoms with E-state index >= 15 is 0 Å². The highest BCUT2D eigenvalue weighted by molar-refractivity contribution is 9.10. The van der Waals surface area contributed by atoms with E-state index in [1.165, 1.54) is 17.5 Å². The minimum absolute atomic E-state index is 0.173. The molecule has 1 aromatic heterocycles. The van der Waals surface area contributed by atoms with Crippen molar-refractivity contribution in [1.82, 2.24) is 4.98 Å². The Bertz CT molecular complexity index is 279. The number of alkyl halides is 1. The molecule has 72 valence electrons. The molecule has 13 heavy (non-hydrogen) atoms. The van der Waals surface area contributed by atoms with Gasteiger partial charge in [-0.15, -0.1) is 11.3 Å². The number of hydrogen-bond donors (Lipinski definition) is 0. The quantitative estimate of drug-likeness (QED) is 0.622. The summed E-state index contributed by atoms with van der Waals surface area (Å²) in [5.41, 5.74) is 1.61. The molecule has 0 unspecified atom stereocenters. The Balaban J connectivity index is 2.44. The van der Waals surface area contributed by atoms with Crippen LogP contribution in [0.1, 0.15) is 23.5 Å². The number of thiazole rings is 1. The van der Waals surface area contributed by atoms with Crippen molar-refractivity contribution >= 4 is 33.2 Å². The number of aromatic nitrogens is 1. The van der Waals surface area contributed by atoms with Crippen molar-refractivity contribution in [2.24, 2.45) is 0 Å². The van der Waals surface area contributed by atoms with E-state index in [2.05, 4.69) is 20.9 Å². The average molecular weight is 264 g/mol. The molecule has 1 heterocycles.